The Labute approximate surface area is 189 Å². The van der Waals surface area contributed by atoms with Gasteiger partial charge in [0.25, 0.3) is 17.4 Å². The van der Waals surface area contributed by atoms with Gasteiger partial charge in [0.2, 0.25) is 0 Å². The first kappa shape index (κ1) is 22.2. The molecule has 2 aromatic carbocycles. The zero-order chi connectivity index (χ0) is 23.7. The summed E-state index contributed by atoms with van der Waals surface area (Å²) < 4.78 is 5.11. The van der Waals surface area contributed by atoms with Crippen LogP contribution in [0.4, 0.5) is 5.69 Å². The molecule has 0 saturated carbocycles. The summed E-state index contributed by atoms with van der Waals surface area (Å²) in [6.45, 7) is 2.53. The molecule has 0 bridgehead atoms. The van der Waals surface area contributed by atoms with E-state index >= 15 is 0 Å². The number of aryl methyl sites for hydroxylation is 1. The number of aromatic nitrogens is 1. The molecule has 2 heterocycles. The molecular weight excluding hydrogens is 426 g/mol. The lowest BCUT2D eigenvalue weighted by Gasteiger charge is -2.25. The Morgan fingerprint density at radius 1 is 1.18 bits per heavy atom. The fourth-order valence-electron chi connectivity index (χ4n) is 4.34. The number of nitro groups is 1. The molecule has 1 atom stereocenters. The third-order valence-corrected chi connectivity index (χ3v) is 5.86. The van der Waals surface area contributed by atoms with Crippen molar-refractivity contribution in [2.45, 2.75) is 19.4 Å². The van der Waals surface area contributed by atoms with Crippen molar-refractivity contribution in [3.8, 4) is 0 Å². The minimum atomic E-state index is -0.812. The number of nitrogens with one attached hydrogen (secondary N) is 1. The number of aliphatic hydroxyl groups excluding tert-OH is 1. The largest absolute Gasteiger partial charge is 0.507 e. The van der Waals surface area contributed by atoms with Crippen molar-refractivity contribution in [3.63, 3.8) is 0 Å². The number of methoxy groups -OCH3 is 1. The number of para-hydroxylation sites is 1. The number of amides is 1. The molecule has 1 unspecified atom stereocenters. The summed E-state index contributed by atoms with van der Waals surface area (Å²) in [5, 5.41) is 23.0. The number of ether oxygens (including phenoxy) is 1. The molecule has 33 heavy (non-hydrogen) atoms. The highest BCUT2D eigenvalue weighted by molar-refractivity contribution is 6.46. The van der Waals surface area contributed by atoms with Crippen molar-refractivity contribution in [2.24, 2.45) is 0 Å². The van der Waals surface area contributed by atoms with Crippen LogP contribution in [-0.4, -0.2) is 51.9 Å². The highest BCUT2D eigenvalue weighted by atomic mass is 16.6. The normalized spacial score (nSPS) is 17.8. The monoisotopic (exact) mass is 449 g/mol. The summed E-state index contributed by atoms with van der Waals surface area (Å²) in [6, 6.07) is 12.0. The second-order valence-corrected chi connectivity index (χ2v) is 7.85. The van der Waals surface area contributed by atoms with Gasteiger partial charge in [-0.05, 0) is 31.5 Å². The van der Waals surface area contributed by atoms with E-state index in [1.165, 1.54) is 29.2 Å². The number of nitrogens with zero attached hydrogens (tertiary/aromatic N) is 2. The van der Waals surface area contributed by atoms with Gasteiger partial charge in [0, 0.05) is 60.1 Å². The summed E-state index contributed by atoms with van der Waals surface area (Å²) in [4.78, 5) is 41.3. The highest BCUT2D eigenvalue weighted by Crippen LogP contribution is 2.43. The van der Waals surface area contributed by atoms with Crippen molar-refractivity contribution in [1.82, 2.24) is 9.88 Å². The number of likely N-dealkylation sites (tertiary alicyclic amines) is 1. The topological polar surface area (TPSA) is 126 Å². The summed E-state index contributed by atoms with van der Waals surface area (Å²) >= 11 is 0. The maximum absolute atomic E-state index is 13.1. The van der Waals surface area contributed by atoms with Gasteiger partial charge in [-0.25, -0.2) is 0 Å². The van der Waals surface area contributed by atoms with Gasteiger partial charge in [-0.15, -0.1) is 0 Å². The smallest absolute Gasteiger partial charge is 0.295 e. The number of hydrogen-bond donors (Lipinski definition) is 2. The number of fused-ring (bicyclic) bond motifs is 1. The molecule has 1 fully saturated rings. The van der Waals surface area contributed by atoms with E-state index in [4.69, 9.17) is 4.74 Å². The number of rotatable bonds is 7. The molecule has 1 amide bonds. The first-order valence-electron chi connectivity index (χ1n) is 10.4. The number of H-pyrrole nitrogens is 1. The van der Waals surface area contributed by atoms with Crippen molar-refractivity contribution in [2.75, 3.05) is 20.3 Å². The molecule has 0 radical (unpaired) electrons. The molecule has 1 aliphatic heterocycles. The van der Waals surface area contributed by atoms with Crippen LogP contribution in [0.5, 0.6) is 0 Å². The van der Waals surface area contributed by atoms with Gasteiger partial charge in [-0.2, -0.15) is 0 Å². The van der Waals surface area contributed by atoms with Crippen LogP contribution in [0.15, 0.2) is 54.1 Å². The van der Waals surface area contributed by atoms with E-state index in [2.05, 4.69) is 4.98 Å². The quantitative estimate of drug-likeness (QED) is 0.141. The van der Waals surface area contributed by atoms with Gasteiger partial charge in [-0.3, -0.25) is 19.7 Å². The summed E-state index contributed by atoms with van der Waals surface area (Å²) in [7, 11) is 1.56. The fourth-order valence-corrected chi connectivity index (χ4v) is 4.34. The SMILES string of the molecule is COCCCN1C(=O)C(=O)/C(=C(/O)c2ccc([N+](=O)[O-])cc2)C1c1c(C)[nH]c2ccccc12. The summed E-state index contributed by atoms with van der Waals surface area (Å²) in [5.74, 6) is -1.87. The zero-order valence-corrected chi connectivity index (χ0v) is 18.2. The highest BCUT2D eigenvalue weighted by Gasteiger charge is 2.47. The third-order valence-electron chi connectivity index (χ3n) is 5.86. The Balaban J connectivity index is 1.90. The number of aromatic amines is 1. The number of carbonyl (C=O) groups is 2. The van der Waals surface area contributed by atoms with Crippen LogP contribution >= 0.6 is 0 Å². The summed E-state index contributed by atoms with van der Waals surface area (Å²) in [6.07, 6.45) is 0.513. The Bertz CT molecular complexity index is 1280. The Kier molecular flexibility index (Phi) is 5.97. The van der Waals surface area contributed by atoms with E-state index < -0.39 is 22.7 Å². The molecule has 1 aliphatic rings. The van der Waals surface area contributed by atoms with Crippen molar-refractivity contribution >= 4 is 34.0 Å². The number of Topliss-reactive ketones (excluding diaryl/α,β-unsaturated/α-hetero) is 1. The lowest BCUT2D eigenvalue weighted by atomic mass is 9.93. The molecule has 0 aliphatic carbocycles. The average Bonchev–Trinajstić information content (AvgIpc) is 3.26. The third kappa shape index (κ3) is 3.87. The number of hydrogen-bond acceptors (Lipinski definition) is 6. The van der Waals surface area contributed by atoms with E-state index in [0.29, 0.717) is 13.0 Å². The van der Waals surface area contributed by atoms with Crippen LogP contribution in [-0.2, 0) is 14.3 Å². The molecular formula is C24H23N3O6. The number of aliphatic hydroxyl groups is 1. The predicted octanol–water partition coefficient (Wildman–Crippen LogP) is 3.84. The first-order chi connectivity index (χ1) is 15.8. The molecule has 2 N–H and O–H groups in total. The van der Waals surface area contributed by atoms with Crippen LogP contribution < -0.4 is 0 Å². The van der Waals surface area contributed by atoms with Gasteiger partial charge >= 0.3 is 0 Å². The number of nitro benzene ring substituents is 1. The number of carbonyl (C=O) groups excluding carboxylic acids is 2. The van der Waals surface area contributed by atoms with Crippen LogP contribution in [0.2, 0.25) is 0 Å². The second-order valence-electron chi connectivity index (χ2n) is 7.85. The van der Waals surface area contributed by atoms with E-state index in [-0.39, 0.29) is 29.1 Å². The molecule has 1 saturated heterocycles. The predicted molar refractivity (Wildman–Crippen MR) is 122 cm³/mol. The maximum atomic E-state index is 13.1. The minimum Gasteiger partial charge on any atom is -0.507 e. The van der Waals surface area contributed by atoms with E-state index in [0.717, 1.165) is 22.2 Å². The first-order valence-corrected chi connectivity index (χ1v) is 10.4. The Hall–Kier alpha value is -3.98. The molecule has 9 nitrogen and oxygen atoms in total. The van der Waals surface area contributed by atoms with Gasteiger partial charge in [0.05, 0.1) is 16.5 Å². The maximum Gasteiger partial charge on any atom is 0.295 e. The van der Waals surface area contributed by atoms with Crippen molar-refractivity contribution in [1.29, 1.82) is 0 Å². The molecule has 9 heteroatoms. The number of non-ortho nitro benzene ring substituents is 1. The second kappa shape index (κ2) is 8.87. The minimum absolute atomic E-state index is 0.0425. The standard InChI is InChI=1S/C24H23N3O6/c1-14-19(17-6-3-4-7-18(17)25-14)21-20(23(29)24(30)26(21)12-5-13-33-2)22(28)15-8-10-16(11-9-15)27(31)32/h3-4,6-11,21,25,28H,5,12-13H2,1-2H3/b22-20+. The molecule has 4 rings (SSSR count). The van der Waals surface area contributed by atoms with Crippen molar-refractivity contribution in [3.05, 3.63) is 81.0 Å². The Morgan fingerprint density at radius 2 is 1.88 bits per heavy atom. The molecule has 0 spiro atoms. The van der Waals surface area contributed by atoms with Gasteiger partial charge in [-0.1, -0.05) is 18.2 Å². The van der Waals surface area contributed by atoms with Gasteiger partial charge in [0.1, 0.15) is 5.76 Å². The van der Waals surface area contributed by atoms with Crippen LogP contribution in [0.3, 0.4) is 0 Å². The summed E-state index contributed by atoms with van der Waals surface area (Å²) in [5.41, 5.74) is 2.38. The molecule has 1 aromatic heterocycles. The van der Waals surface area contributed by atoms with Crippen molar-refractivity contribution < 1.29 is 24.4 Å². The lowest BCUT2D eigenvalue weighted by Crippen LogP contribution is -2.31. The number of ketones is 1. The molecule has 3 aromatic rings. The van der Waals surface area contributed by atoms with Crippen LogP contribution in [0, 0.1) is 17.0 Å². The van der Waals surface area contributed by atoms with E-state index in [9.17, 15) is 24.8 Å². The van der Waals surface area contributed by atoms with E-state index in [1.54, 1.807) is 7.11 Å². The van der Waals surface area contributed by atoms with E-state index in [1.807, 2.05) is 31.2 Å². The zero-order valence-electron chi connectivity index (χ0n) is 18.2. The van der Waals surface area contributed by atoms with Gasteiger partial charge < -0.3 is 19.7 Å². The fraction of sp³-hybridized carbons (Fsp3) is 0.250. The lowest BCUT2D eigenvalue weighted by molar-refractivity contribution is -0.384. The Morgan fingerprint density at radius 3 is 2.55 bits per heavy atom. The van der Waals surface area contributed by atoms with Gasteiger partial charge in [0.15, 0.2) is 0 Å². The van der Waals surface area contributed by atoms with Crippen LogP contribution in [0.25, 0.3) is 16.7 Å². The molecule has 170 valence electrons. The van der Waals surface area contributed by atoms with Crippen LogP contribution in [0.1, 0.15) is 29.3 Å². The average molecular weight is 449 g/mol. The number of benzene rings is 2.